The Hall–Kier alpha value is -1.77. The van der Waals surface area contributed by atoms with Gasteiger partial charge >= 0.3 is 5.97 Å². The lowest BCUT2D eigenvalue weighted by Gasteiger charge is -2.28. The van der Waals surface area contributed by atoms with Crippen molar-refractivity contribution in [2.45, 2.75) is 51.4 Å². The van der Waals surface area contributed by atoms with Crippen LogP contribution in [0.4, 0.5) is 0 Å². The van der Waals surface area contributed by atoms with Crippen LogP contribution in [0.5, 0.6) is 5.75 Å². The lowest BCUT2D eigenvalue weighted by Crippen LogP contribution is -2.13. The molecule has 120 valence electrons. The Bertz CT molecular complexity index is 482. The van der Waals surface area contributed by atoms with E-state index in [1.807, 2.05) is 0 Å². The molecule has 3 nitrogen and oxygen atoms in total. The molecule has 1 saturated carbocycles. The number of carbonyl (C=O) groups is 1. The van der Waals surface area contributed by atoms with Crippen LogP contribution in [-0.4, -0.2) is 17.7 Å². The highest BCUT2D eigenvalue weighted by Crippen LogP contribution is 2.37. The first-order chi connectivity index (χ1) is 10.7. The lowest BCUT2D eigenvalue weighted by molar-refractivity contribution is -0.131. The molecule has 2 rings (SSSR count). The summed E-state index contributed by atoms with van der Waals surface area (Å²) in [5.74, 6) is 1.39. The van der Waals surface area contributed by atoms with Gasteiger partial charge in [0.15, 0.2) is 0 Å². The van der Waals surface area contributed by atoms with Gasteiger partial charge in [-0.15, -0.1) is 0 Å². The molecule has 1 aliphatic carbocycles. The molecule has 22 heavy (non-hydrogen) atoms. The van der Waals surface area contributed by atoms with Crippen LogP contribution in [0.25, 0.3) is 0 Å². The first kappa shape index (κ1) is 16.6. The van der Waals surface area contributed by atoms with Gasteiger partial charge < -0.3 is 9.84 Å². The van der Waals surface area contributed by atoms with Crippen LogP contribution >= 0.6 is 0 Å². The predicted molar refractivity (Wildman–Crippen MR) is 88.3 cm³/mol. The molecule has 1 aromatic carbocycles. The summed E-state index contributed by atoms with van der Waals surface area (Å²) in [5, 5.41) is 8.61. The normalized spacial score (nSPS) is 21.9. The molecule has 0 spiro atoms. The van der Waals surface area contributed by atoms with Crippen molar-refractivity contribution in [1.29, 1.82) is 0 Å². The van der Waals surface area contributed by atoms with Gasteiger partial charge in [0.25, 0.3) is 0 Å². The van der Waals surface area contributed by atoms with E-state index in [1.54, 1.807) is 6.08 Å². The summed E-state index contributed by atoms with van der Waals surface area (Å²) >= 11 is 0. The fraction of sp³-hybridized carbons (Fsp3) is 0.526. The Kier molecular flexibility index (Phi) is 6.50. The van der Waals surface area contributed by atoms with Crippen molar-refractivity contribution >= 4 is 5.97 Å². The smallest absolute Gasteiger partial charge is 0.327 e. The van der Waals surface area contributed by atoms with Crippen LogP contribution in [0, 0.1) is 5.92 Å². The average Bonchev–Trinajstić information content (AvgIpc) is 2.54. The van der Waals surface area contributed by atoms with E-state index < -0.39 is 5.97 Å². The van der Waals surface area contributed by atoms with Gasteiger partial charge in [0.05, 0.1) is 6.61 Å². The Morgan fingerprint density at radius 2 is 1.91 bits per heavy atom. The number of benzene rings is 1. The second-order valence-corrected chi connectivity index (χ2v) is 6.11. The first-order valence-corrected chi connectivity index (χ1v) is 8.31. The van der Waals surface area contributed by atoms with E-state index in [0.717, 1.165) is 25.2 Å². The van der Waals surface area contributed by atoms with Gasteiger partial charge in [-0.2, -0.15) is 0 Å². The first-order valence-electron chi connectivity index (χ1n) is 8.31. The van der Waals surface area contributed by atoms with Crippen LogP contribution in [0.2, 0.25) is 0 Å². The quantitative estimate of drug-likeness (QED) is 0.737. The molecular formula is C19H26O3. The Balaban J connectivity index is 1.79. The van der Waals surface area contributed by atoms with Crippen molar-refractivity contribution in [2.24, 2.45) is 5.92 Å². The van der Waals surface area contributed by atoms with Crippen molar-refractivity contribution in [3.63, 3.8) is 0 Å². The molecule has 0 amide bonds. The third kappa shape index (κ3) is 5.21. The van der Waals surface area contributed by atoms with Gasteiger partial charge in [-0.25, -0.2) is 4.79 Å². The molecule has 0 aliphatic heterocycles. The maximum Gasteiger partial charge on any atom is 0.327 e. The SMILES string of the molecule is CCCOc1ccc(C2CCC(C/C=C/C(=O)O)CC2)cc1. The molecule has 0 saturated heterocycles. The molecule has 1 aliphatic rings. The standard InChI is InChI=1S/C19H26O3/c1-2-14-22-18-12-10-17(11-13-18)16-8-6-15(7-9-16)4-3-5-19(20)21/h3,5,10-13,15-16H,2,4,6-9,14H2,1H3,(H,20,21)/b5-3+. The average molecular weight is 302 g/mol. The van der Waals surface area contributed by atoms with Gasteiger partial charge in [0, 0.05) is 6.08 Å². The van der Waals surface area contributed by atoms with Crippen molar-refractivity contribution in [3.8, 4) is 5.75 Å². The van der Waals surface area contributed by atoms with Crippen LogP contribution in [0.15, 0.2) is 36.4 Å². The van der Waals surface area contributed by atoms with Crippen molar-refractivity contribution in [2.75, 3.05) is 6.61 Å². The van der Waals surface area contributed by atoms with E-state index in [9.17, 15) is 4.79 Å². The number of rotatable bonds is 7. The fourth-order valence-electron chi connectivity index (χ4n) is 3.15. The van der Waals surface area contributed by atoms with Crippen molar-refractivity contribution < 1.29 is 14.6 Å². The zero-order chi connectivity index (χ0) is 15.8. The Morgan fingerprint density at radius 3 is 2.50 bits per heavy atom. The topological polar surface area (TPSA) is 46.5 Å². The molecule has 1 aromatic rings. The summed E-state index contributed by atoms with van der Waals surface area (Å²) in [5.41, 5.74) is 1.41. The molecule has 0 bridgehead atoms. The summed E-state index contributed by atoms with van der Waals surface area (Å²) in [4.78, 5) is 10.5. The third-order valence-electron chi connectivity index (χ3n) is 4.40. The largest absolute Gasteiger partial charge is 0.494 e. The minimum Gasteiger partial charge on any atom is -0.494 e. The van der Waals surface area contributed by atoms with E-state index >= 15 is 0 Å². The van der Waals surface area contributed by atoms with E-state index in [1.165, 1.54) is 37.3 Å². The number of ether oxygens (including phenoxy) is 1. The highest BCUT2D eigenvalue weighted by atomic mass is 16.5. The molecule has 0 aromatic heterocycles. The summed E-state index contributed by atoms with van der Waals surface area (Å²) in [6.45, 7) is 2.88. The van der Waals surface area contributed by atoms with Crippen LogP contribution in [0.3, 0.4) is 0 Å². The van der Waals surface area contributed by atoms with E-state index in [2.05, 4.69) is 31.2 Å². The Morgan fingerprint density at radius 1 is 1.23 bits per heavy atom. The van der Waals surface area contributed by atoms with E-state index in [4.69, 9.17) is 9.84 Å². The molecule has 0 atom stereocenters. The fourth-order valence-corrected chi connectivity index (χ4v) is 3.15. The minimum atomic E-state index is -0.848. The number of carboxylic acids is 1. The lowest BCUT2D eigenvalue weighted by atomic mass is 9.77. The zero-order valence-corrected chi connectivity index (χ0v) is 13.3. The van der Waals surface area contributed by atoms with Gasteiger partial charge in [-0.1, -0.05) is 25.1 Å². The predicted octanol–water partition coefficient (Wildman–Crippen LogP) is 4.78. The van der Waals surface area contributed by atoms with Gasteiger partial charge in [-0.3, -0.25) is 0 Å². The number of aliphatic carboxylic acids is 1. The van der Waals surface area contributed by atoms with Crippen molar-refractivity contribution in [3.05, 3.63) is 42.0 Å². The number of carboxylic acid groups (broad SMARTS) is 1. The summed E-state index contributed by atoms with van der Waals surface area (Å²) in [6.07, 6.45) is 9.74. The molecule has 1 fully saturated rings. The second kappa shape index (κ2) is 8.62. The molecule has 0 unspecified atom stereocenters. The molecule has 3 heteroatoms. The Labute approximate surface area is 133 Å². The highest BCUT2D eigenvalue weighted by Gasteiger charge is 2.21. The van der Waals surface area contributed by atoms with Gasteiger partial charge in [0.1, 0.15) is 5.75 Å². The maximum atomic E-state index is 10.5. The monoisotopic (exact) mass is 302 g/mol. The second-order valence-electron chi connectivity index (χ2n) is 6.11. The van der Waals surface area contributed by atoms with Gasteiger partial charge in [0.2, 0.25) is 0 Å². The molecule has 1 N–H and O–H groups in total. The highest BCUT2D eigenvalue weighted by molar-refractivity contribution is 5.79. The molecule has 0 radical (unpaired) electrons. The van der Waals surface area contributed by atoms with E-state index in [-0.39, 0.29) is 0 Å². The molecule has 0 heterocycles. The zero-order valence-electron chi connectivity index (χ0n) is 13.3. The number of hydrogen-bond donors (Lipinski definition) is 1. The van der Waals surface area contributed by atoms with E-state index in [0.29, 0.717) is 11.8 Å². The van der Waals surface area contributed by atoms with Gasteiger partial charge in [-0.05, 0) is 68.1 Å². The van der Waals surface area contributed by atoms with Crippen LogP contribution < -0.4 is 4.74 Å². The van der Waals surface area contributed by atoms with Crippen LogP contribution in [0.1, 0.15) is 56.9 Å². The minimum absolute atomic E-state index is 0.638. The summed E-state index contributed by atoms with van der Waals surface area (Å²) in [7, 11) is 0. The summed E-state index contributed by atoms with van der Waals surface area (Å²) < 4.78 is 5.62. The third-order valence-corrected chi connectivity index (χ3v) is 4.40. The van der Waals surface area contributed by atoms with Crippen molar-refractivity contribution in [1.82, 2.24) is 0 Å². The number of allylic oxidation sites excluding steroid dienone is 1. The molecular weight excluding hydrogens is 276 g/mol. The number of hydrogen-bond acceptors (Lipinski definition) is 2. The maximum absolute atomic E-state index is 10.5. The van der Waals surface area contributed by atoms with Crippen LogP contribution in [-0.2, 0) is 4.79 Å². The summed E-state index contributed by atoms with van der Waals surface area (Å²) in [6, 6.07) is 8.54.